The van der Waals surface area contributed by atoms with E-state index in [1.807, 2.05) is 13.8 Å². The van der Waals surface area contributed by atoms with Crippen LogP contribution in [0.3, 0.4) is 0 Å². The van der Waals surface area contributed by atoms with Crippen LogP contribution in [-0.2, 0) is 19.1 Å². The van der Waals surface area contributed by atoms with Crippen LogP contribution in [0.2, 0.25) is 0 Å². The summed E-state index contributed by atoms with van der Waals surface area (Å²) in [7, 11) is 3.23. The Morgan fingerprint density at radius 3 is 2.19 bits per heavy atom. The van der Waals surface area contributed by atoms with E-state index >= 15 is 0 Å². The summed E-state index contributed by atoms with van der Waals surface area (Å²) in [5.74, 6) is -0.474. The van der Waals surface area contributed by atoms with E-state index in [2.05, 4.69) is 10.6 Å². The van der Waals surface area contributed by atoms with E-state index in [0.29, 0.717) is 13.2 Å². The van der Waals surface area contributed by atoms with Crippen LogP contribution in [0.15, 0.2) is 0 Å². The third-order valence-corrected chi connectivity index (χ3v) is 2.88. The fraction of sp³-hybridized carbons (Fsp3) is 0.786. The van der Waals surface area contributed by atoms with Crippen molar-refractivity contribution in [2.75, 3.05) is 40.4 Å². The molecule has 2 amide bonds. The quantitative estimate of drug-likeness (QED) is 0.527. The second-order valence-corrected chi connectivity index (χ2v) is 5.41. The number of ether oxygens (including phenoxy) is 1. The van der Waals surface area contributed by atoms with Crippen LogP contribution in [0.5, 0.6) is 0 Å². The molecule has 0 aromatic carbocycles. The zero-order valence-corrected chi connectivity index (χ0v) is 13.6. The number of Topliss-reactive ketones (excluding diaryl/α,β-unsaturated/α-hetero) is 1. The molecule has 0 spiro atoms. The highest BCUT2D eigenvalue weighted by atomic mass is 16.5. The summed E-state index contributed by atoms with van der Waals surface area (Å²) in [5.41, 5.74) is 0. The molecule has 0 heterocycles. The van der Waals surface area contributed by atoms with Crippen molar-refractivity contribution in [3.8, 4) is 0 Å². The Labute approximate surface area is 126 Å². The molecule has 0 bridgehead atoms. The van der Waals surface area contributed by atoms with E-state index in [0.717, 1.165) is 0 Å². The number of hydrogen-bond donors (Lipinski definition) is 2. The molecule has 0 saturated carbocycles. The number of methoxy groups -OCH3 is 1. The fourth-order valence-corrected chi connectivity index (χ4v) is 1.85. The van der Waals surface area contributed by atoms with Gasteiger partial charge in [0.25, 0.3) is 0 Å². The highest BCUT2D eigenvalue weighted by molar-refractivity contribution is 5.88. The summed E-state index contributed by atoms with van der Waals surface area (Å²) in [6.07, 6.45) is 0. The molecule has 1 atom stereocenters. The van der Waals surface area contributed by atoms with Crippen molar-refractivity contribution in [1.29, 1.82) is 0 Å². The summed E-state index contributed by atoms with van der Waals surface area (Å²) in [5, 5.41) is 5.36. The predicted molar refractivity (Wildman–Crippen MR) is 79.8 cm³/mol. The van der Waals surface area contributed by atoms with Crippen molar-refractivity contribution in [2.45, 2.75) is 26.8 Å². The summed E-state index contributed by atoms with van der Waals surface area (Å²) in [6.45, 7) is 6.27. The minimum Gasteiger partial charge on any atom is -0.383 e. The number of carbonyl (C=O) groups is 3. The number of amides is 2. The van der Waals surface area contributed by atoms with Crippen LogP contribution in [0.4, 0.5) is 0 Å². The second kappa shape index (κ2) is 10.3. The van der Waals surface area contributed by atoms with Crippen molar-refractivity contribution in [1.82, 2.24) is 15.5 Å². The Kier molecular flexibility index (Phi) is 9.56. The highest BCUT2D eigenvalue weighted by Crippen LogP contribution is 2.02. The zero-order valence-electron chi connectivity index (χ0n) is 13.6. The lowest BCUT2D eigenvalue weighted by atomic mass is 10.0. The number of rotatable bonds is 10. The van der Waals surface area contributed by atoms with Crippen molar-refractivity contribution in [3.05, 3.63) is 0 Å². The maximum atomic E-state index is 11.9. The van der Waals surface area contributed by atoms with Crippen LogP contribution in [0.25, 0.3) is 0 Å². The molecule has 0 aromatic rings. The fourth-order valence-electron chi connectivity index (χ4n) is 1.85. The van der Waals surface area contributed by atoms with Gasteiger partial charge in [-0.1, -0.05) is 13.8 Å². The molecule has 122 valence electrons. The molecular weight excluding hydrogens is 274 g/mol. The Morgan fingerprint density at radius 1 is 1.14 bits per heavy atom. The van der Waals surface area contributed by atoms with E-state index < -0.39 is 6.04 Å². The maximum Gasteiger partial charge on any atom is 0.234 e. The van der Waals surface area contributed by atoms with Gasteiger partial charge in [-0.25, -0.2) is 0 Å². The summed E-state index contributed by atoms with van der Waals surface area (Å²) in [6, 6.07) is -0.485. The molecule has 21 heavy (non-hydrogen) atoms. The predicted octanol–water partition coefficient (Wildman–Crippen LogP) is -0.589. The minimum absolute atomic E-state index is 0.0362. The third kappa shape index (κ3) is 9.14. The van der Waals surface area contributed by atoms with Gasteiger partial charge in [0.15, 0.2) is 5.78 Å². The van der Waals surface area contributed by atoms with Crippen molar-refractivity contribution in [2.24, 2.45) is 5.92 Å². The lowest BCUT2D eigenvalue weighted by molar-refractivity contribution is -0.129. The van der Waals surface area contributed by atoms with E-state index in [9.17, 15) is 14.4 Å². The normalized spacial score (nSPS) is 12.3. The number of likely N-dealkylation sites (N-methyl/N-ethyl adjacent to an activating group) is 1. The zero-order chi connectivity index (χ0) is 16.4. The van der Waals surface area contributed by atoms with E-state index in [4.69, 9.17) is 4.74 Å². The molecular formula is C14H27N3O4. The number of nitrogens with one attached hydrogen (secondary N) is 2. The van der Waals surface area contributed by atoms with E-state index in [1.165, 1.54) is 6.92 Å². The van der Waals surface area contributed by atoms with Gasteiger partial charge in [0.05, 0.1) is 25.7 Å². The van der Waals surface area contributed by atoms with Gasteiger partial charge in [-0.05, 0) is 19.9 Å². The average molecular weight is 301 g/mol. The van der Waals surface area contributed by atoms with Crippen molar-refractivity contribution < 1.29 is 19.1 Å². The van der Waals surface area contributed by atoms with Gasteiger partial charge in [-0.3, -0.25) is 19.3 Å². The first kappa shape index (κ1) is 19.5. The Bertz CT molecular complexity index is 358. The molecule has 2 N–H and O–H groups in total. The maximum absolute atomic E-state index is 11.9. The number of hydrogen-bond acceptors (Lipinski definition) is 5. The topological polar surface area (TPSA) is 87.7 Å². The first-order valence-electron chi connectivity index (χ1n) is 7.02. The standard InChI is InChI=1S/C14H27N3O4/c1-10(2)14(11(3)18)16-13(20)9-17(4)8-12(19)15-6-7-21-5/h10,14H,6-9H2,1-5H3,(H,15,19)(H,16,20). The van der Waals surface area contributed by atoms with Gasteiger partial charge < -0.3 is 15.4 Å². The van der Waals surface area contributed by atoms with Crippen molar-refractivity contribution in [3.63, 3.8) is 0 Å². The first-order chi connectivity index (χ1) is 9.77. The number of carbonyl (C=O) groups excluding carboxylic acids is 3. The summed E-state index contributed by atoms with van der Waals surface area (Å²) in [4.78, 5) is 36.4. The molecule has 7 nitrogen and oxygen atoms in total. The molecule has 0 aromatic heterocycles. The largest absolute Gasteiger partial charge is 0.383 e. The molecule has 1 unspecified atom stereocenters. The molecule has 0 fully saturated rings. The van der Waals surface area contributed by atoms with Crippen LogP contribution in [0.1, 0.15) is 20.8 Å². The van der Waals surface area contributed by atoms with Gasteiger partial charge in [0.1, 0.15) is 0 Å². The van der Waals surface area contributed by atoms with E-state index in [-0.39, 0.29) is 36.6 Å². The number of ketones is 1. The SMILES string of the molecule is COCCNC(=O)CN(C)CC(=O)NC(C(C)=O)C(C)C. The highest BCUT2D eigenvalue weighted by Gasteiger charge is 2.21. The Hall–Kier alpha value is -1.47. The first-order valence-corrected chi connectivity index (χ1v) is 7.02. The molecule has 0 saturated heterocycles. The van der Waals surface area contributed by atoms with E-state index in [1.54, 1.807) is 19.1 Å². The molecule has 0 radical (unpaired) electrons. The summed E-state index contributed by atoms with van der Waals surface area (Å²) >= 11 is 0. The summed E-state index contributed by atoms with van der Waals surface area (Å²) < 4.78 is 4.83. The molecule has 0 rings (SSSR count). The second-order valence-electron chi connectivity index (χ2n) is 5.41. The smallest absolute Gasteiger partial charge is 0.234 e. The van der Waals surface area contributed by atoms with Gasteiger partial charge in [0.2, 0.25) is 11.8 Å². The Morgan fingerprint density at radius 2 is 1.71 bits per heavy atom. The molecule has 0 aliphatic heterocycles. The number of nitrogens with zero attached hydrogens (tertiary/aromatic N) is 1. The van der Waals surface area contributed by atoms with Gasteiger partial charge in [-0.15, -0.1) is 0 Å². The third-order valence-electron chi connectivity index (χ3n) is 2.88. The van der Waals surface area contributed by atoms with Crippen LogP contribution < -0.4 is 10.6 Å². The van der Waals surface area contributed by atoms with Crippen LogP contribution >= 0.6 is 0 Å². The molecule has 0 aliphatic rings. The van der Waals surface area contributed by atoms with Gasteiger partial charge >= 0.3 is 0 Å². The van der Waals surface area contributed by atoms with Gasteiger partial charge in [-0.2, -0.15) is 0 Å². The van der Waals surface area contributed by atoms with Crippen molar-refractivity contribution >= 4 is 17.6 Å². The average Bonchev–Trinajstić information content (AvgIpc) is 2.35. The van der Waals surface area contributed by atoms with Gasteiger partial charge in [0, 0.05) is 13.7 Å². The lowest BCUT2D eigenvalue weighted by Crippen LogP contribution is -2.48. The Balaban J connectivity index is 4.14. The van der Waals surface area contributed by atoms with Crippen LogP contribution in [0, 0.1) is 5.92 Å². The monoisotopic (exact) mass is 301 g/mol. The molecule has 0 aliphatic carbocycles. The lowest BCUT2D eigenvalue weighted by Gasteiger charge is -2.22. The van der Waals surface area contributed by atoms with Crippen LogP contribution in [-0.4, -0.2) is 68.9 Å². The molecule has 7 heteroatoms. The minimum atomic E-state index is -0.485.